The minimum Gasteiger partial charge on any atom is -0.334 e. The molecule has 0 saturated carbocycles. The van der Waals surface area contributed by atoms with Gasteiger partial charge in [-0.15, -0.1) is 11.3 Å². The number of thiophene rings is 1. The number of aryl methyl sites for hydroxylation is 1. The van der Waals surface area contributed by atoms with Crippen molar-refractivity contribution in [2.24, 2.45) is 14.1 Å². The molecule has 0 radical (unpaired) electrons. The van der Waals surface area contributed by atoms with Gasteiger partial charge in [-0.2, -0.15) is 0 Å². The van der Waals surface area contributed by atoms with E-state index in [1.54, 1.807) is 11.0 Å². The van der Waals surface area contributed by atoms with E-state index in [4.69, 9.17) is 0 Å². The number of ketones is 1. The van der Waals surface area contributed by atoms with Crippen LogP contribution in [0.4, 0.5) is 0 Å². The molecule has 3 aromatic rings. The van der Waals surface area contributed by atoms with Crippen LogP contribution in [0, 0.1) is 0 Å². The summed E-state index contributed by atoms with van der Waals surface area (Å²) >= 11 is 1.40. The SMILES string of the molecule is Cn1c(=O)c2ccc(C(=O)N3CCCC3CC(=O)c3cccs3)nc2n(C)c1=O. The Bertz CT molecular complexity index is 1230. The molecule has 0 aliphatic carbocycles. The fourth-order valence-corrected chi connectivity index (χ4v) is 4.46. The Hall–Kier alpha value is -3.07. The van der Waals surface area contributed by atoms with Crippen LogP contribution in [0.2, 0.25) is 0 Å². The van der Waals surface area contributed by atoms with Gasteiger partial charge in [0.25, 0.3) is 11.5 Å². The summed E-state index contributed by atoms with van der Waals surface area (Å²) in [6.45, 7) is 0.552. The number of Topliss-reactive ketones (excluding diaryl/α,β-unsaturated/α-hetero) is 1. The van der Waals surface area contributed by atoms with E-state index in [0.717, 1.165) is 17.4 Å². The van der Waals surface area contributed by atoms with Crippen LogP contribution in [0.3, 0.4) is 0 Å². The van der Waals surface area contributed by atoms with Crippen LogP contribution in [-0.2, 0) is 14.1 Å². The maximum absolute atomic E-state index is 13.1. The predicted molar refractivity (Wildman–Crippen MR) is 110 cm³/mol. The number of likely N-dealkylation sites (tertiary alicyclic amines) is 1. The summed E-state index contributed by atoms with van der Waals surface area (Å²) in [5.74, 6) is -0.261. The summed E-state index contributed by atoms with van der Waals surface area (Å²) in [5.41, 5.74) is -0.610. The van der Waals surface area contributed by atoms with Gasteiger partial charge >= 0.3 is 5.69 Å². The first-order valence-corrected chi connectivity index (χ1v) is 10.2. The predicted octanol–water partition coefficient (Wildman–Crippen LogP) is 1.57. The van der Waals surface area contributed by atoms with E-state index in [1.165, 1.54) is 42.1 Å². The van der Waals surface area contributed by atoms with Crippen LogP contribution in [0.1, 0.15) is 39.4 Å². The van der Waals surface area contributed by atoms with Gasteiger partial charge in [-0.1, -0.05) is 6.07 Å². The van der Waals surface area contributed by atoms with Crippen LogP contribution >= 0.6 is 11.3 Å². The van der Waals surface area contributed by atoms with Crippen molar-refractivity contribution < 1.29 is 9.59 Å². The molecule has 0 bridgehead atoms. The number of hydrogen-bond acceptors (Lipinski definition) is 6. The largest absolute Gasteiger partial charge is 0.334 e. The molecule has 9 heteroatoms. The highest BCUT2D eigenvalue weighted by atomic mass is 32.1. The number of carbonyl (C=O) groups is 2. The van der Waals surface area contributed by atoms with Gasteiger partial charge in [-0.05, 0) is 36.4 Å². The summed E-state index contributed by atoms with van der Waals surface area (Å²) in [7, 11) is 2.92. The third-order valence-corrected chi connectivity index (χ3v) is 6.29. The standard InChI is InChI=1S/C20H20N4O4S/c1-22-17-13(18(26)23(2)20(22)28)7-8-14(21-17)19(27)24-9-3-5-12(24)11-15(25)16-6-4-10-29-16/h4,6-8,10,12H,3,5,9,11H2,1-2H3. The lowest BCUT2D eigenvalue weighted by Gasteiger charge is -2.24. The first-order valence-electron chi connectivity index (χ1n) is 9.33. The second-order valence-electron chi connectivity index (χ2n) is 7.17. The summed E-state index contributed by atoms with van der Waals surface area (Å²) in [4.78, 5) is 56.8. The minimum absolute atomic E-state index is 0.0297. The second-order valence-corrected chi connectivity index (χ2v) is 8.12. The van der Waals surface area contributed by atoms with E-state index in [9.17, 15) is 19.2 Å². The van der Waals surface area contributed by atoms with Crippen molar-refractivity contribution in [3.63, 3.8) is 0 Å². The summed E-state index contributed by atoms with van der Waals surface area (Å²) in [5, 5.41) is 2.13. The van der Waals surface area contributed by atoms with Gasteiger partial charge < -0.3 is 4.90 Å². The van der Waals surface area contributed by atoms with E-state index < -0.39 is 11.2 Å². The lowest BCUT2D eigenvalue weighted by molar-refractivity contribution is 0.0712. The van der Waals surface area contributed by atoms with Gasteiger partial charge in [0.1, 0.15) is 11.3 Å². The van der Waals surface area contributed by atoms with Crippen molar-refractivity contribution in [2.45, 2.75) is 25.3 Å². The molecule has 150 valence electrons. The Balaban J connectivity index is 1.65. The molecule has 4 heterocycles. The van der Waals surface area contributed by atoms with Crippen molar-refractivity contribution in [3.05, 3.63) is 61.1 Å². The highest BCUT2D eigenvalue weighted by molar-refractivity contribution is 7.12. The molecule has 8 nitrogen and oxygen atoms in total. The zero-order valence-corrected chi connectivity index (χ0v) is 16.9. The Morgan fingerprint density at radius 3 is 2.69 bits per heavy atom. The molecule has 0 N–H and O–H groups in total. The quantitative estimate of drug-likeness (QED) is 0.607. The average Bonchev–Trinajstić information content (AvgIpc) is 3.42. The van der Waals surface area contributed by atoms with Crippen LogP contribution < -0.4 is 11.2 Å². The highest BCUT2D eigenvalue weighted by Gasteiger charge is 2.32. The molecular weight excluding hydrogens is 392 g/mol. The van der Waals surface area contributed by atoms with Crippen molar-refractivity contribution in [3.8, 4) is 0 Å². The molecule has 1 aliphatic heterocycles. The molecule has 29 heavy (non-hydrogen) atoms. The van der Waals surface area contributed by atoms with E-state index in [0.29, 0.717) is 11.4 Å². The Morgan fingerprint density at radius 2 is 1.97 bits per heavy atom. The van der Waals surface area contributed by atoms with Crippen LogP contribution in [-0.4, -0.2) is 43.3 Å². The van der Waals surface area contributed by atoms with Gasteiger partial charge in [-0.25, -0.2) is 9.78 Å². The first-order chi connectivity index (χ1) is 13.9. The number of amides is 1. The van der Waals surface area contributed by atoms with E-state index in [-0.39, 0.29) is 40.9 Å². The number of fused-ring (bicyclic) bond motifs is 1. The molecule has 4 rings (SSSR count). The molecule has 0 spiro atoms. The van der Waals surface area contributed by atoms with Gasteiger partial charge in [0, 0.05) is 33.1 Å². The molecule has 1 saturated heterocycles. The summed E-state index contributed by atoms with van der Waals surface area (Å²) < 4.78 is 2.27. The molecule has 3 aromatic heterocycles. The highest BCUT2D eigenvalue weighted by Crippen LogP contribution is 2.25. The summed E-state index contributed by atoms with van der Waals surface area (Å²) in [6.07, 6.45) is 1.86. The monoisotopic (exact) mass is 412 g/mol. The normalized spacial score (nSPS) is 16.5. The Morgan fingerprint density at radius 1 is 1.17 bits per heavy atom. The molecule has 1 amide bonds. The Kier molecular flexibility index (Phi) is 4.91. The van der Waals surface area contributed by atoms with Crippen LogP contribution in [0.15, 0.2) is 39.2 Å². The average molecular weight is 412 g/mol. The zero-order valence-electron chi connectivity index (χ0n) is 16.1. The first kappa shape index (κ1) is 19.3. The third-order valence-electron chi connectivity index (χ3n) is 5.38. The van der Waals surface area contributed by atoms with Crippen LogP contribution in [0.5, 0.6) is 0 Å². The van der Waals surface area contributed by atoms with Crippen molar-refractivity contribution in [1.29, 1.82) is 0 Å². The molecule has 0 aromatic carbocycles. The fraction of sp³-hybridized carbons (Fsp3) is 0.350. The lowest BCUT2D eigenvalue weighted by atomic mass is 10.1. The smallest absolute Gasteiger partial charge is 0.332 e. The van der Waals surface area contributed by atoms with Gasteiger partial charge in [0.2, 0.25) is 0 Å². The van der Waals surface area contributed by atoms with E-state index in [2.05, 4.69) is 4.98 Å². The van der Waals surface area contributed by atoms with Crippen molar-refractivity contribution in [2.75, 3.05) is 6.54 Å². The van der Waals surface area contributed by atoms with E-state index in [1.807, 2.05) is 11.4 Å². The molecule has 1 unspecified atom stereocenters. The third kappa shape index (κ3) is 3.31. The second kappa shape index (κ2) is 7.40. The molecule has 1 fully saturated rings. The maximum atomic E-state index is 13.1. The van der Waals surface area contributed by atoms with Crippen molar-refractivity contribution >= 4 is 34.1 Å². The van der Waals surface area contributed by atoms with E-state index >= 15 is 0 Å². The molecule has 1 atom stereocenters. The summed E-state index contributed by atoms with van der Waals surface area (Å²) in [6, 6.07) is 6.48. The van der Waals surface area contributed by atoms with Gasteiger partial charge in [-0.3, -0.25) is 23.5 Å². The number of nitrogens with zero attached hydrogens (tertiary/aromatic N) is 4. The van der Waals surface area contributed by atoms with Gasteiger partial charge in [0.05, 0.1) is 10.3 Å². The zero-order chi connectivity index (χ0) is 20.7. The minimum atomic E-state index is -0.500. The maximum Gasteiger partial charge on any atom is 0.332 e. The van der Waals surface area contributed by atoms with Crippen LogP contribution in [0.25, 0.3) is 11.0 Å². The lowest BCUT2D eigenvalue weighted by Crippen LogP contribution is -2.39. The Labute approximate surface area is 170 Å². The molecule has 1 aliphatic rings. The fourth-order valence-electron chi connectivity index (χ4n) is 3.79. The number of hydrogen-bond donors (Lipinski definition) is 0. The number of rotatable bonds is 4. The molecular formula is C20H20N4O4S. The topological polar surface area (TPSA) is 94.3 Å². The number of pyridine rings is 1. The number of carbonyl (C=O) groups excluding carboxylic acids is 2. The van der Waals surface area contributed by atoms with Gasteiger partial charge in [0.15, 0.2) is 5.78 Å². The van der Waals surface area contributed by atoms with Crippen molar-refractivity contribution in [1.82, 2.24) is 19.0 Å². The number of aromatic nitrogens is 3.